The van der Waals surface area contributed by atoms with Crippen molar-refractivity contribution in [2.45, 2.75) is 13.1 Å². The Morgan fingerprint density at radius 2 is 1.89 bits per heavy atom. The standard InChI is InChI=1S/C19H14ClFN2O4/c20-16-7-3-8-17(21)15(16)12-22(11-13-5-4-10-27-13)19(24)14-6-1-2-9-18(14)23(25)26/h1-10H,11-12H2. The number of hydrogen-bond acceptors (Lipinski definition) is 4. The van der Waals surface area contributed by atoms with Crippen LogP contribution in [0.2, 0.25) is 5.02 Å². The number of halogens is 2. The molecule has 27 heavy (non-hydrogen) atoms. The maximum Gasteiger partial charge on any atom is 0.282 e. The summed E-state index contributed by atoms with van der Waals surface area (Å²) >= 11 is 6.08. The van der Waals surface area contributed by atoms with Crippen molar-refractivity contribution in [2.75, 3.05) is 0 Å². The Balaban J connectivity index is 2.00. The van der Waals surface area contributed by atoms with Crippen LogP contribution in [0, 0.1) is 15.9 Å². The number of carbonyl (C=O) groups excluding carboxylic acids is 1. The Kier molecular flexibility index (Phi) is 5.52. The fourth-order valence-electron chi connectivity index (χ4n) is 2.65. The van der Waals surface area contributed by atoms with Gasteiger partial charge >= 0.3 is 0 Å². The largest absolute Gasteiger partial charge is 0.467 e. The van der Waals surface area contributed by atoms with Crippen molar-refractivity contribution < 1.29 is 18.5 Å². The number of furan rings is 1. The average Bonchev–Trinajstić information content (AvgIpc) is 3.16. The number of amides is 1. The van der Waals surface area contributed by atoms with Gasteiger partial charge in [0.2, 0.25) is 0 Å². The lowest BCUT2D eigenvalue weighted by Gasteiger charge is -2.22. The molecule has 1 heterocycles. The molecule has 0 bridgehead atoms. The Hall–Kier alpha value is -3.19. The highest BCUT2D eigenvalue weighted by atomic mass is 35.5. The van der Waals surface area contributed by atoms with Crippen LogP contribution in [-0.2, 0) is 13.1 Å². The maximum atomic E-state index is 14.2. The highest BCUT2D eigenvalue weighted by Crippen LogP contribution is 2.25. The lowest BCUT2D eigenvalue weighted by molar-refractivity contribution is -0.385. The van der Waals surface area contributed by atoms with E-state index in [4.69, 9.17) is 16.0 Å². The van der Waals surface area contributed by atoms with Crippen molar-refractivity contribution in [3.63, 3.8) is 0 Å². The molecule has 0 atom stereocenters. The third-order valence-electron chi connectivity index (χ3n) is 3.96. The van der Waals surface area contributed by atoms with E-state index in [0.717, 1.165) is 0 Å². The quantitative estimate of drug-likeness (QED) is 0.448. The molecule has 0 saturated heterocycles. The predicted octanol–water partition coefficient (Wildman–Crippen LogP) is 4.82. The van der Waals surface area contributed by atoms with Crippen molar-refractivity contribution in [1.29, 1.82) is 0 Å². The second-order valence-electron chi connectivity index (χ2n) is 5.72. The van der Waals surface area contributed by atoms with Gasteiger partial charge in [0.05, 0.1) is 24.3 Å². The van der Waals surface area contributed by atoms with Crippen molar-refractivity contribution in [2.24, 2.45) is 0 Å². The van der Waals surface area contributed by atoms with Crippen LogP contribution in [0.5, 0.6) is 0 Å². The highest BCUT2D eigenvalue weighted by Gasteiger charge is 2.26. The first-order valence-electron chi connectivity index (χ1n) is 7.95. The molecular formula is C19H14ClFN2O4. The second-order valence-corrected chi connectivity index (χ2v) is 6.12. The van der Waals surface area contributed by atoms with Crippen molar-refractivity contribution >= 4 is 23.2 Å². The SMILES string of the molecule is O=C(c1ccccc1[N+](=O)[O-])N(Cc1ccco1)Cc1c(F)cccc1Cl. The molecule has 6 nitrogen and oxygen atoms in total. The first-order valence-corrected chi connectivity index (χ1v) is 8.33. The van der Waals surface area contributed by atoms with Crippen LogP contribution >= 0.6 is 11.6 Å². The molecule has 0 radical (unpaired) electrons. The summed E-state index contributed by atoms with van der Waals surface area (Å²) in [6.45, 7) is -0.167. The Labute approximate surface area is 158 Å². The van der Waals surface area contributed by atoms with Gasteiger partial charge in [0.25, 0.3) is 11.6 Å². The molecule has 8 heteroatoms. The number of benzene rings is 2. The Morgan fingerprint density at radius 3 is 2.56 bits per heavy atom. The molecule has 0 aliphatic carbocycles. The molecule has 2 aromatic carbocycles. The van der Waals surface area contributed by atoms with Crippen molar-refractivity contribution in [1.82, 2.24) is 4.90 Å². The van der Waals surface area contributed by atoms with Crippen LogP contribution < -0.4 is 0 Å². The minimum absolute atomic E-state index is 0.00252. The number of carbonyl (C=O) groups is 1. The van der Waals surface area contributed by atoms with Gasteiger partial charge in [0.15, 0.2) is 0 Å². The van der Waals surface area contributed by atoms with Crippen LogP contribution in [0.1, 0.15) is 21.7 Å². The molecule has 0 unspecified atom stereocenters. The molecule has 1 amide bonds. The van der Waals surface area contributed by atoms with E-state index in [9.17, 15) is 19.3 Å². The van der Waals surface area contributed by atoms with Crippen LogP contribution in [0.25, 0.3) is 0 Å². The van der Waals surface area contributed by atoms with E-state index in [1.807, 2.05) is 0 Å². The first kappa shape index (κ1) is 18.6. The lowest BCUT2D eigenvalue weighted by Crippen LogP contribution is -2.31. The molecule has 0 aliphatic rings. The van der Waals surface area contributed by atoms with Gasteiger partial charge in [-0.2, -0.15) is 0 Å². The lowest BCUT2D eigenvalue weighted by atomic mass is 10.1. The smallest absolute Gasteiger partial charge is 0.282 e. The van der Waals surface area contributed by atoms with E-state index in [1.165, 1.54) is 53.6 Å². The summed E-state index contributed by atoms with van der Waals surface area (Å²) in [7, 11) is 0. The van der Waals surface area contributed by atoms with Crippen molar-refractivity contribution in [3.05, 3.63) is 98.7 Å². The number of nitro groups is 1. The van der Waals surface area contributed by atoms with E-state index in [-0.39, 0.29) is 34.9 Å². The number of hydrogen-bond donors (Lipinski definition) is 0. The van der Waals surface area contributed by atoms with Gasteiger partial charge < -0.3 is 9.32 Å². The van der Waals surface area contributed by atoms with Gasteiger partial charge in [-0.15, -0.1) is 0 Å². The van der Waals surface area contributed by atoms with Gasteiger partial charge in [-0.05, 0) is 30.3 Å². The zero-order chi connectivity index (χ0) is 19.4. The molecule has 138 valence electrons. The molecule has 0 saturated carbocycles. The van der Waals surface area contributed by atoms with E-state index in [2.05, 4.69) is 0 Å². The molecular weight excluding hydrogens is 375 g/mol. The van der Waals surface area contributed by atoms with E-state index >= 15 is 0 Å². The monoisotopic (exact) mass is 388 g/mol. The third-order valence-corrected chi connectivity index (χ3v) is 4.31. The normalized spacial score (nSPS) is 10.6. The number of nitro benzene ring substituents is 1. The summed E-state index contributed by atoms with van der Waals surface area (Å²) in [5, 5.41) is 11.4. The van der Waals surface area contributed by atoms with Crippen LogP contribution in [0.3, 0.4) is 0 Å². The molecule has 0 N–H and O–H groups in total. The van der Waals surface area contributed by atoms with Gasteiger partial charge in [0, 0.05) is 16.7 Å². The van der Waals surface area contributed by atoms with E-state index in [0.29, 0.717) is 5.76 Å². The number of para-hydroxylation sites is 1. The predicted molar refractivity (Wildman–Crippen MR) is 96.8 cm³/mol. The van der Waals surface area contributed by atoms with E-state index in [1.54, 1.807) is 12.1 Å². The fraction of sp³-hybridized carbons (Fsp3) is 0.105. The summed E-state index contributed by atoms with van der Waals surface area (Å²) in [5.74, 6) is -0.741. The summed E-state index contributed by atoms with van der Waals surface area (Å²) in [4.78, 5) is 24.9. The Morgan fingerprint density at radius 1 is 1.11 bits per heavy atom. The summed E-state index contributed by atoms with van der Waals surface area (Å²) in [6, 6.07) is 13.1. The van der Waals surface area contributed by atoms with E-state index < -0.39 is 16.6 Å². The zero-order valence-electron chi connectivity index (χ0n) is 14.0. The zero-order valence-corrected chi connectivity index (χ0v) is 14.7. The molecule has 3 rings (SSSR count). The topological polar surface area (TPSA) is 76.6 Å². The summed E-state index contributed by atoms with van der Waals surface area (Å²) in [6.07, 6.45) is 1.44. The minimum atomic E-state index is -0.631. The van der Waals surface area contributed by atoms with Crippen LogP contribution in [0.15, 0.2) is 65.3 Å². The highest BCUT2D eigenvalue weighted by molar-refractivity contribution is 6.31. The molecule has 1 aromatic heterocycles. The first-order chi connectivity index (χ1) is 13.0. The Bertz CT molecular complexity index is 955. The molecule has 0 aliphatic heterocycles. The molecule has 0 spiro atoms. The summed E-state index contributed by atoms with van der Waals surface area (Å²) in [5.41, 5.74) is -0.300. The van der Waals surface area contributed by atoms with Crippen molar-refractivity contribution in [3.8, 4) is 0 Å². The molecule has 3 aromatic rings. The van der Waals surface area contributed by atoms with Crippen LogP contribution in [0.4, 0.5) is 10.1 Å². The van der Waals surface area contributed by atoms with Crippen LogP contribution in [-0.4, -0.2) is 15.7 Å². The average molecular weight is 389 g/mol. The minimum Gasteiger partial charge on any atom is -0.467 e. The van der Waals surface area contributed by atoms with Gasteiger partial charge in [-0.1, -0.05) is 29.8 Å². The maximum absolute atomic E-state index is 14.2. The number of nitrogens with zero attached hydrogens (tertiary/aromatic N) is 2. The third kappa shape index (κ3) is 4.15. The van der Waals surface area contributed by atoms with Gasteiger partial charge in [-0.25, -0.2) is 4.39 Å². The summed E-state index contributed by atoms with van der Waals surface area (Å²) < 4.78 is 19.5. The molecule has 0 fully saturated rings. The fourth-order valence-corrected chi connectivity index (χ4v) is 2.87. The van der Waals surface area contributed by atoms with Gasteiger partial charge in [0.1, 0.15) is 17.1 Å². The second kappa shape index (κ2) is 8.01. The number of rotatable bonds is 6. The van der Waals surface area contributed by atoms with Gasteiger partial charge in [-0.3, -0.25) is 14.9 Å².